The zero-order chi connectivity index (χ0) is 10.7. The van der Waals surface area contributed by atoms with Gasteiger partial charge in [0.25, 0.3) is 0 Å². The number of phenolic OH excluding ortho intramolecular Hbond substituents is 1. The third-order valence-electron chi connectivity index (χ3n) is 2.23. The predicted molar refractivity (Wildman–Crippen MR) is 58.9 cm³/mol. The number of hydrogen-bond donors (Lipinski definition) is 1. The van der Waals surface area contributed by atoms with E-state index < -0.39 is 0 Å². The summed E-state index contributed by atoms with van der Waals surface area (Å²) in [5.41, 5.74) is 1.76. The topological polar surface area (TPSA) is 29.5 Å². The lowest BCUT2D eigenvalue weighted by Crippen LogP contribution is -1.84. The van der Waals surface area contributed by atoms with Gasteiger partial charge in [-0.05, 0) is 23.8 Å². The average Bonchev–Trinajstić information content (AvgIpc) is 2.30. The van der Waals surface area contributed by atoms with Crippen LogP contribution in [0.25, 0.3) is 11.1 Å². The van der Waals surface area contributed by atoms with Crippen molar-refractivity contribution in [2.24, 2.45) is 0 Å². The van der Waals surface area contributed by atoms with E-state index in [2.05, 4.69) is 6.07 Å². The molecule has 2 rings (SSSR count). The maximum atomic E-state index is 9.79. The van der Waals surface area contributed by atoms with E-state index >= 15 is 0 Å². The van der Waals surface area contributed by atoms with Gasteiger partial charge in [0.05, 0.1) is 7.11 Å². The molecule has 0 aliphatic carbocycles. The van der Waals surface area contributed by atoms with Gasteiger partial charge in [0.2, 0.25) is 0 Å². The molecule has 2 aromatic rings. The molecule has 0 heterocycles. The van der Waals surface area contributed by atoms with Crippen LogP contribution >= 0.6 is 0 Å². The van der Waals surface area contributed by atoms with Gasteiger partial charge in [-0.3, -0.25) is 0 Å². The first-order chi connectivity index (χ1) is 7.31. The van der Waals surface area contributed by atoms with Crippen LogP contribution in [0.15, 0.2) is 42.5 Å². The first-order valence-electron chi connectivity index (χ1n) is 4.65. The van der Waals surface area contributed by atoms with Gasteiger partial charge in [0.15, 0.2) is 0 Å². The van der Waals surface area contributed by atoms with Crippen LogP contribution in [0.3, 0.4) is 0 Å². The predicted octanol–water partition coefficient (Wildman–Crippen LogP) is 2.87. The Hall–Kier alpha value is -1.96. The second kappa shape index (κ2) is 4.05. The molecule has 1 N–H and O–H groups in total. The minimum absolute atomic E-state index is 0.223. The van der Waals surface area contributed by atoms with Crippen LogP contribution in [-0.2, 0) is 0 Å². The van der Waals surface area contributed by atoms with Crippen LogP contribution in [-0.4, -0.2) is 12.2 Å². The van der Waals surface area contributed by atoms with Gasteiger partial charge >= 0.3 is 0 Å². The fourth-order valence-electron chi connectivity index (χ4n) is 1.45. The second-order valence-corrected chi connectivity index (χ2v) is 3.17. The number of methoxy groups -OCH3 is 1. The summed E-state index contributed by atoms with van der Waals surface area (Å²) in [6.07, 6.45) is 0. The summed E-state index contributed by atoms with van der Waals surface area (Å²) >= 11 is 0. The smallest absolute Gasteiger partial charge is 0.127 e. The van der Waals surface area contributed by atoms with Gasteiger partial charge in [0.1, 0.15) is 11.5 Å². The molecular formula is C13H11O2. The lowest BCUT2D eigenvalue weighted by Gasteiger charge is -2.06. The molecule has 0 spiro atoms. The molecule has 2 nitrogen and oxygen atoms in total. The lowest BCUT2D eigenvalue weighted by atomic mass is 10.0. The lowest BCUT2D eigenvalue weighted by molar-refractivity contribution is 0.408. The Bertz CT molecular complexity index is 449. The highest BCUT2D eigenvalue weighted by Gasteiger charge is 2.04. The zero-order valence-electron chi connectivity index (χ0n) is 8.40. The number of hydrogen-bond acceptors (Lipinski definition) is 2. The summed E-state index contributed by atoms with van der Waals surface area (Å²) in [5, 5.41) is 9.79. The molecule has 1 radical (unpaired) electrons. The van der Waals surface area contributed by atoms with Crippen LogP contribution in [0.5, 0.6) is 11.5 Å². The second-order valence-electron chi connectivity index (χ2n) is 3.17. The Morgan fingerprint density at radius 1 is 1.13 bits per heavy atom. The van der Waals surface area contributed by atoms with E-state index in [4.69, 9.17) is 4.74 Å². The summed E-state index contributed by atoms with van der Waals surface area (Å²) in [4.78, 5) is 0. The van der Waals surface area contributed by atoms with Crippen molar-refractivity contribution in [1.82, 2.24) is 0 Å². The van der Waals surface area contributed by atoms with Crippen molar-refractivity contribution in [2.45, 2.75) is 0 Å². The van der Waals surface area contributed by atoms with Gasteiger partial charge in [-0.25, -0.2) is 0 Å². The van der Waals surface area contributed by atoms with E-state index in [1.807, 2.05) is 36.4 Å². The van der Waals surface area contributed by atoms with Gasteiger partial charge in [0, 0.05) is 11.6 Å². The van der Waals surface area contributed by atoms with Crippen LogP contribution in [0.4, 0.5) is 0 Å². The first kappa shape index (κ1) is 9.59. The highest BCUT2D eigenvalue weighted by Crippen LogP contribution is 2.31. The minimum atomic E-state index is 0.223. The molecule has 0 atom stereocenters. The van der Waals surface area contributed by atoms with Gasteiger partial charge < -0.3 is 9.84 Å². The molecule has 0 bridgehead atoms. The molecule has 2 heteroatoms. The zero-order valence-corrected chi connectivity index (χ0v) is 8.40. The molecule has 15 heavy (non-hydrogen) atoms. The van der Waals surface area contributed by atoms with E-state index in [9.17, 15) is 5.11 Å². The van der Waals surface area contributed by atoms with E-state index in [1.165, 1.54) is 0 Å². The first-order valence-corrected chi connectivity index (χ1v) is 4.65. The van der Waals surface area contributed by atoms with Crippen LogP contribution in [0.2, 0.25) is 0 Å². The van der Waals surface area contributed by atoms with Gasteiger partial charge in [-0.15, -0.1) is 0 Å². The molecule has 0 aromatic heterocycles. The Morgan fingerprint density at radius 3 is 2.47 bits per heavy atom. The molecule has 2 aromatic carbocycles. The molecule has 75 valence electrons. The van der Waals surface area contributed by atoms with Crippen molar-refractivity contribution in [2.75, 3.05) is 7.11 Å². The monoisotopic (exact) mass is 199 g/mol. The summed E-state index contributed by atoms with van der Waals surface area (Å²) in [6.45, 7) is 0. The number of rotatable bonds is 2. The summed E-state index contributed by atoms with van der Waals surface area (Å²) < 4.78 is 5.02. The highest BCUT2D eigenvalue weighted by atomic mass is 16.5. The number of phenols is 1. The van der Waals surface area contributed by atoms with Crippen LogP contribution < -0.4 is 4.74 Å². The SMILES string of the molecule is COc1ccc(-c2cc[c]cc2)c(O)c1. The molecule has 0 saturated heterocycles. The Labute approximate surface area is 88.8 Å². The normalized spacial score (nSPS) is 9.93. The van der Waals surface area contributed by atoms with Crippen LogP contribution in [0, 0.1) is 6.07 Å². The largest absolute Gasteiger partial charge is 0.507 e. The quantitative estimate of drug-likeness (QED) is 0.805. The van der Waals surface area contributed by atoms with E-state index in [-0.39, 0.29) is 5.75 Å². The van der Waals surface area contributed by atoms with Crippen molar-refractivity contribution < 1.29 is 9.84 Å². The standard InChI is InChI=1S/C13H11O2/c1-15-11-7-8-12(13(14)9-11)10-5-3-2-4-6-10/h3-9,14H,1H3. The number of aromatic hydroxyl groups is 1. The Kier molecular flexibility index (Phi) is 2.59. The van der Waals surface area contributed by atoms with Gasteiger partial charge in [-0.1, -0.05) is 24.3 Å². The third-order valence-corrected chi connectivity index (χ3v) is 2.23. The fraction of sp³-hybridized carbons (Fsp3) is 0.0769. The fourth-order valence-corrected chi connectivity index (χ4v) is 1.45. The molecule has 0 amide bonds. The molecule has 0 aliphatic heterocycles. The summed E-state index contributed by atoms with van der Waals surface area (Å²) in [6, 6.07) is 15.6. The van der Waals surface area contributed by atoms with Crippen molar-refractivity contribution in [3.05, 3.63) is 48.5 Å². The van der Waals surface area contributed by atoms with Crippen molar-refractivity contribution in [3.8, 4) is 22.6 Å². The minimum Gasteiger partial charge on any atom is -0.507 e. The van der Waals surface area contributed by atoms with E-state index in [0.29, 0.717) is 5.75 Å². The molecule has 0 aliphatic rings. The Morgan fingerprint density at radius 2 is 1.87 bits per heavy atom. The molecular weight excluding hydrogens is 188 g/mol. The number of benzene rings is 2. The summed E-state index contributed by atoms with van der Waals surface area (Å²) in [5.74, 6) is 0.874. The maximum Gasteiger partial charge on any atom is 0.127 e. The van der Waals surface area contributed by atoms with Crippen LogP contribution in [0.1, 0.15) is 0 Å². The molecule has 0 fully saturated rings. The third kappa shape index (κ3) is 1.94. The van der Waals surface area contributed by atoms with Crippen molar-refractivity contribution in [3.63, 3.8) is 0 Å². The highest BCUT2D eigenvalue weighted by molar-refractivity contribution is 5.70. The van der Waals surface area contributed by atoms with E-state index in [0.717, 1.165) is 11.1 Å². The molecule has 0 saturated carbocycles. The Balaban J connectivity index is 2.46. The number of ether oxygens (including phenoxy) is 1. The van der Waals surface area contributed by atoms with Gasteiger partial charge in [-0.2, -0.15) is 0 Å². The van der Waals surface area contributed by atoms with E-state index in [1.54, 1.807) is 13.2 Å². The van der Waals surface area contributed by atoms with Crippen molar-refractivity contribution in [1.29, 1.82) is 0 Å². The summed E-state index contributed by atoms with van der Waals surface area (Å²) in [7, 11) is 1.58. The maximum absolute atomic E-state index is 9.79. The average molecular weight is 199 g/mol. The molecule has 0 unspecified atom stereocenters. The van der Waals surface area contributed by atoms with Crippen molar-refractivity contribution >= 4 is 0 Å².